The Hall–Kier alpha value is -1.20. The summed E-state index contributed by atoms with van der Waals surface area (Å²) in [4.78, 5) is 13.7. The van der Waals surface area contributed by atoms with Gasteiger partial charge >= 0.3 is 0 Å². The SMILES string of the molecule is CCN(CC)CCCN(CC)c1cnc(CNC)cn1. The minimum Gasteiger partial charge on any atom is -0.356 e. The highest BCUT2D eigenvalue weighted by Gasteiger charge is 2.07. The van der Waals surface area contributed by atoms with Crippen LogP contribution in [0.5, 0.6) is 0 Å². The van der Waals surface area contributed by atoms with Gasteiger partial charge in [-0.2, -0.15) is 0 Å². The molecule has 0 aromatic carbocycles. The molecule has 0 bridgehead atoms. The molecule has 0 radical (unpaired) electrons. The highest BCUT2D eigenvalue weighted by atomic mass is 15.2. The first kappa shape index (κ1) is 16.9. The van der Waals surface area contributed by atoms with Gasteiger partial charge in [-0.3, -0.25) is 4.98 Å². The summed E-state index contributed by atoms with van der Waals surface area (Å²) in [5.41, 5.74) is 0.982. The lowest BCUT2D eigenvalue weighted by Gasteiger charge is -2.24. The molecule has 0 saturated heterocycles. The zero-order valence-electron chi connectivity index (χ0n) is 13.4. The lowest BCUT2D eigenvalue weighted by molar-refractivity contribution is 0.300. The third kappa shape index (κ3) is 5.43. The smallest absolute Gasteiger partial charge is 0.147 e. The summed E-state index contributed by atoms with van der Waals surface area (Å²) in [6.45, 7) is 12.8. The summed E-state index contributed by atoms with van der Waals surface area (Å²) in [5.74, 6) is 0.979. The molecule has 0 fully saturated rings. The molecule has 1 N–H and O–H groups in total. The number of hydrogen-bond acceptors (Lipinski definition) is 5. The van der Waals surface area contributed by atoms with Gasteiger partial charge in [-0.15, -0.1) is 0 Å². The molecular formula is C15H29N5. The predicted octanol–water partition coefficient (Wildman–Crippen LogP) is 1.75. The number of aromatic nitrogens is 2. The highest BCUT2D eigenvalue weighted by molar-refractivity contribution is 5.35. The van der Waals surface area contributed by atoms with Crippen molar-refractivity contribution in [3.05, 3.63) is 18.1 Å². The topological polar surface area (TPSA) is 44.3 Å². The molecule has 1 aromatic heterocycles. The molecule has 114 valence electrons. The molecule has 5 nitrogen and oxygen atoms in total. The van der Waals surface area contributed by atoms with Crippen LogP contribution in [0.4, 0.5) is 5.82 Å². The van der Waals surface area contributed by atoms with Crippen molar-refractivity contribution in [2.45, 2.75) is 33.7 Å². The van der Waals surface area contributed by atoms with Gasteiger partial charge in [0.25, 0.3) is 0 Å². The van der Waals surface area contributed by atoms with Gasteiger partial charge in [0, 0.05) is 19.6 Å². The third-order valence-electron chi connectivity index (χ3n) is 3.55. The Morgan fingerprint density at radius 3 is 2.25 bits per heavy atom. The van der Waals surface area contributed by atoms with Crippen LogP contribution >= 0.6 is 0 Å². The van der Waals surface area contributed by atoms with Gasteiger partial charge in [0.15, 0.2) is 0 Å². The van der Waals surface area contributed by atoms with Gasteiger partial charge in [-0.25, -0.2) is 4.98 Å². The monoisotopic (exact) mass is 279 g/mol. The van der Waals surface area contributed by atoms with E-state index in [9.17, 15) is 0 Å². The lowest BCUT2D eigenvalue weighted by atomic mass is 10.3. The van der Waals surface area contributed by atoms with Crippen molar-refractivity contribution in [3.8, 4) is 0 Å². The van der Waals surface area contributed by atoms with E-state index in [0.717, 1.165) is 57.2 Å². The van der Waals surface area contributed by atoms with Crippen LogP contribution in [-0.4, -0.2) is 54.6 Å². The summed E-state index contributed by atoms with van der Waals surface area (Å²) in [5, 5.41) is 3.08. The van der Waals surface area contributed by atoms with Crippen LogP contribution in [0.3, 0.4) is 0 Å². The lowest BCUT2D eigenvalue weighted by Crippen LogP contribution is -2.30. The first-order chi connectivity index (χ1) is 9.74. The maximum atomic E-state index is 4.52. The summed E-state index contributed by atoms with van der Waals surface area (Å²) in [6, 6.07) is 0. The molecule has 0 amide bonds. The zero-order valence-corrected chi connectivity index (χ0v) is 13.4. The van der Waals surface area contributed by atoms with E-state index >= 15 is 0 Å². The number of nitrogens with zero attached hydrogens (tertiary/aromatic N) is 4. The van der Waals surface area contributed by atoms with E-state index in [1.165, 1.54) is 0 Å². The second-order valence-corrected chi connectivity index (χ2v) is 4.86. The standard InChI is InChI=1S/C15H29N5/c1-5-19(6-2)9-8-10-20(7-3)15-13-17-14(11-16-4)12-18-15/h12-13,16H,5-11H2,1-4H3. The Morgan fingerprint density at radius 1 is 1.00 bits per heavy atom. The molecule has 0 unspecified atom stereocenters. The first-order valence-corrected chi connectivity index (χ1v) is 7.67. The summed E-state index contributed by atoms with van der Waals surface area (Å²) >= 11 is 0. The molecule has 0 aliphatic rings. The van der Waals surface area contributed by atoms with Gasteiger partial charge in [0.05, 0.1) is 18.1 Å². The van der Waals surface area contributed by atoms with Crippen LogP contribution in [0.25, 0.3) is 0 Å². The molecular weight excluding hydrogens is 250 g/mol. The molecule has 0 atom stereocenters. The molecule has 20 heavy (non-hydrogen) atoms. The quantitative estimate of drug-likeness (QED) is 0.707. The van der Waals surface area contributed by atoms with Crippen LogP contribution in [0, 0.1) is 0 Å². The minimum atomic E-state index is 0.765. The van der Waals surface area contributed by atoms with Crippen molar-refractivity contribution in [2.75, 3.05) is 44.7 Å². The van der Waals surface area contributed by atoms with Crippen LogP contribution < -0.4 is 10.2 Å². The third-order valence-corrected chi connectivity index (χ3v) is 3.55. The first-order valence-electron chi connectivity index (χ1n) is 7.67. The number of rotatable bonds is 10. The Balaban J connectivity index is 2.48. The van der Waals surface area contributed by atoms with Gasteiger partial charge < -0.3 is 15.1 Å². The highest BCUT2D eigenvalue weighted by Crippen LogP contribution is 2.09. The van der Waals surface area contributed by atoms with E-state index < -0.39 is 0 Å². The average Bonchev–Trinajstić information content (AvgIpc) is 2.49. The molecule has 1 heterocycles. The minimum absolute atomic E-state index is 0.765. The molecule has 0 saturated carbocycles. The Bertz CT molecular complexity index is 348. The van der Waals surface area contributed by atoms with Crippen LogP contribution in [0.15, 0.2) is 12.4 Å². The molecule has 0 aliphatic carbocycles. The van der Waals surface area contributed by atoms with Gasteiger partial charge in [-0.05, 0) is 40.0 Å². The maximum absolute atomic E-state index is 4.52. The van der Waals surface area contributed by atoms with E-state index in [1.54, 1.807) is 0 Å². The Kier molecular flexibility index (Phi) is 8.14. The fourth-order valence-electron chi connectivity index (χ4n) is 2.24. The summed E-state index contributed by atoms with van der Waals surface area (Å²) in [6.07, 6.45) is 4.90. The fraction of sp³-hybridized carbons (Fsp3) is 0.733. The molecule has 0 spiro atoms. The number of nitrogens with one attached hydrogen (secondary N) is 1. The number of hydrogen-bond donors (Lipinski definition) is 1. The Labute approximate surface area is 123 Å². The second kappa shape index (κ2) is 9.66. The van der Waals surface area contributed by atoms with E-state index in [1.807, 2.05) is 19.4 Å². The Morgan fingerprint density at radius 2 is 1.75 bits per heavy atom. The number of anilines is 1. The van der Waals surface area contributed by atoms with Gasteiger partial charge in [0.2, 0.25) is 0 Å². The average molecular weight is 279 g/mol. The zero-order chi connectivity index (χ0) is 14.8. The predicted molar refractivity (Wildman–Crippen MR) is 85.1 cm³/mol. The normalized spacial score (nSPS) is 11.1. The second-order valence-electron chi connectivity index (χ2n) is 4.86. The summed E-state index contributed by atoms with van der Waals surface area (Å²) in [7, 11) is 1.92. The van der Waals surface area contributed by atoms with Crippen molar-refractivity contribution in [1.29, 1.82) is 0 Å². The molecule has 0 aliphatic heterocycles. The largest absolute Gasteiger partial charge is 0.356 e. The molecule has 5 heteroatoms. The van der Waals surface area contributed by atoms with Gasteiger partial charge in [-0.1, -0.05) is 13.8 Å². The van der Waals surface area contributed by atoms with Crippen LogP contribution in [0.2, 0.25) is 0 Å². The fourth-order valence-corrected chi connectivity index (χ4v) is 2.24. The van der Waals surface area contributed by atoms with E-state index in [4.69, 9.17) is 0 Å². The van der Waals surface area contributed by atoms with Crippen LogP contribution in [-0.2, 0) is 6.54 Å². The summed E-state index contributed by atoms with van der Waals surface area (Å²) < 4.78 is 0. The van der Waals surface area contributed by atoms with Crippen LogP contribution in [0.1, 0.15) is 32.9 Å². The van der Waals surface area contributed by atoms with E-state index in [0.29, 0.717) is 0 Å². The van der Waals surface area contributed by atoms with E-state index in [2.05, 4.69) is 45.9 Å². The van der Waals surface area contributed by atoms with Crippen molar-refractivity contribution < 1.29 is 0 Å². The van der Waals surface area contributed by atoms with Crippen molar-refractivity contribution >= 4 is 5.82 Å². The van der Waals surface area contributed by atoms with Crippen molar-refractivity contribution in [1.82, 2.24) is 20.2 Å². The molecule has 1 rings (SSSR count). The van der Waals surface area contributed by atoms with Crippen molar-refractivity contribution in [2.24, 2.45) is 0 Å². The van der Waals surface area contributed by atoms with Crippen molar-refractivity contribution in [3.63, 3.8) is 0 Å². The van der Waals surface area contributed by atoms with Gasteiger partial charge in [0.1, 0.15) is 5.82 Å². The van der Waals surface area contributed by atoms with E-state index in [-0.39, 0.29) is 0 Å². The molecule has 1 aromatic rings. The maximum Gasteiger partial charge on any atom is 0.147 e.